The van der Waals surface area contributed by atoms with Gasteiger partial charge in [0.15, 0.2) is 0 Å². The molecule has 0 atom stereocenters. The van der Waals surface area contributed by atoms with Crippen LogP contribution in [0.25, 0.3) is 60.6 Å². The van der Waals surface area contributed by atoms with Crippen LogP contribution in [0.2, 0.25) is 0 Å². The molecule has 256 valence electrons. The number of furan rings is 1. The Balaban J connectivity index is 1.36. The third-order valence-electron chi connectivity index (χ3n) is 11.9. The molecule has 3 nitrogen and oxygen atoms in total. The van der Waals surface area contributed by atoms with Crippen LogP contribution in [0, 0.1) is 0 Å². The van der Waals surface area contributed by atoms with E-state index in [9.17, 15) is 0 Å². The first kappa shape index (κ1) is 31.5. The van der Waals surface area contributed by atoms with Crippen molar-refractivity contribution < 1.29 is 4.42 Å². The lowest BCUT2D eigenvalue weighted by Crippen LogP contribution is -2.60. The number of anilines is 2. The van der Waals surface area contributed by atoms with Gasteiger partial charge in [-0.25, -0.2) is 0 Å². The highest BCUT2D eigenvalue weighted by Gasteiger charge is 2.44. The SMILES string of the molecule is CC(C)(C)c1ccc(N2B3c4cc(C(C)(C)C)ccc4-n4c5cc6oc7ccccc7c6cc5c5ccc(c3c54)-c3cc(C(C)(C)C)ccc32)cc1. The summed E-state index contributed by atoms with van der Waals surface area (Å²) in [5.41, 5.74) is 17.5. The van der Waals surface area contributed by atoms with Crippen LogP contribution in [0.3, 0.4) is 0 Å². The average Bonchev–Trinajstić information content (AvgIpc) is 3.63. The number of para-hydroxylation sites is 1. The van der Waals surface area contributed by atoms with Gasteiger partial charge in [-0.05, 0) is 91.9 Å². The van der Waals surface area contributed by atoms with E-state index >= 15 is 0 Å². The highest BCUT2D eigenvalue weighted by atomic mass is 16.3. The quantitative estimate of drug-likeness (QED) is 0.161. The first-order valence-electron chi connectivity index (χ1n) is 18.8. The molecule has 0 bridgehead atoms. The van der Waals surface area contributed by atoms with Crippen LogP contribution in [0.1, 0.15) is 79.0 Å². The molecule has 0 radical (unpaired) electrons. The molecule has 0 unspecified atom stereocenters. The number of rotatable bonds is 1. The van der Waals surface area contributed by atoms with Crippen LogP contribution in [-0.4, -0.2) is 11.4 Å². The third-order valence-corrected chi connectivity index (χ3v) is 11.9. The zero-order valence-corrected chi connectivity index (χ0v) is 31.8. The molecule has 2 aliphatic heterocycles. The van der Waals surface area contributed by atoms with Gasteiger partial charge in [0.2, 0.25) is 0 Å². The van der Waals surface area contributed by atoms with Gasteiger partial charge in [-0.15, -0.1) is 0 Å². The van der Waals surface area contributed by atoms with Crippen molar-refractivity contribution >= 4 is 72.9 Å². The summed E-state index contributed by atoms with van der Waals surface area (Å²) >= 11 is 0. The zero-order valence-electron chi connectivity index (χ0n) is 31.8. The molecule has 0 amide bonds. The summed E-state index contributed by atoms with van der Waals surface area (Å²) in [6.07, 6.45) is 0. The minimum atomic E-state index is -0.00916. The Morgan fingerprint density at radius 3 is 1.87 bits per heavy atom. The van der Waals surface area contributed by atoms with Crippen LogP contribution < -0.4 is 15.7 Å². The van der Waals surface area contributed by atoms with Crippen molar-refractivity contribution in [1.29, 1.82) is 0 Å². The van der Waals surface area contributed by atoms with Gasteiger partial charge in [0.1, 0.15) is 11.2 Å². The molecular weight excluding hydrogens is 631 g/mol. The van der Waals surface area contributed by atoms with E-state index in [1.807, 2.05) is 0 Å². The van der Waals surface area contributed by atoms with Crippen molar-refractivity contribution in [2.24, 2.45) is 0 Å². The van der Waals surface area contributed by atoms with Crippen molar-refractivity contribution in [2.75, 3.05) is 4.81 Å². The van der Waals surface area contributed by atoms with Crippen molar-refractivity contribution in [2.45, 2.75) is 78.6 Å². The van der Waals surface area contributed by atoms with Crippen molar-refractivity contribution in [3.8, 4) is 16.8 Å². The molecule has 10 rings (SSSR count). The van der Waals surface area contributed by atoms with E-state index in [0.717, 1.165) is 16.6 Å². The summed E-state index contributed by atoms with van der Waals surface area (Å²) < 4.78 is 9.06. The van der Waals surface area contributed by atoms with Crippen LogP contribution in [0.5, 0.6) is 0 Å². The fourth-order valence-corrected chi connectivity index (χ4v) is 8.95. The van der Waals surface area contributed by atoms with E-state index in [1.165, 1.54) is 83.0 Å². The number of fused-ring (bicyclic) bond motifs is 11. The number of benzene rings is 6. The fourth-order valence-electron chi connectivity index (χ4n) is 8.95. The molecular formula is C48H45BN2O. The summed E-state index contributed by atoms with van der Waals surface area (Å²) in [5.74, 6) is 0. The van der Waals surface area contributed by atoms with E-state index in [1.54, 1.807) is 0 Å². The van der Waals surface area contributed by atoms with Gasteiger partial charge in [0.05, 0.1) is 11.0 Å². The second kappa shape index (κ2) is 10.2. The maximum Gasteiger partial charge on any atom is 0.333 e. The Morgan fingerprint density at radius 2 is 1.15 bits per heavy atom. The summed E-state index contributed by atoms with van der Waals surface area (Å²) in [6.45, 7) is 20.8. The third kappa shape index (κ3) is 4.33. The number of hydrogen-bond donors (Lipinski definition) is 0. The highest BCUT2D eigenvalue weighted by molar-refractivity contribution is 6.93. The van der Waals surface area contributed by atoms with Gasteiger partial charge in [0, 0.05) is 50.2 Å². The lowest BCUT2D eigenvalue weighted by atomic mass is 9.43. The summed E-state index contributed by atoms with van der Waals surface area (Å²) in [4.78, 5) is 2.64. The Labute approximate surface area is 307 Å². The Kier molecular flexibility index (Phi) is 6.19. The predicted molar refractivity (Wildman–Crippen MR) is 223 cm³/mol. The Hall–Kier alpha value is -5.22. The van der Waals surface area contributed by atoms with E-state index in [2.05, 4.69) is 181 Å². The minimum Gasteiger partial charge on any atom is -0.456 e. The van der Waals surface area contributed by atoms with Gasteiger partial charge >= 0.3 is 6.85 Å². The molecule has 4 heterocycles. The second-order valence-corrected chi connectivity index (χ2v) is 18.3. The van der Waals surface area contributed by atoms with Crippen molar-refractivity contribution in [1.82, 2.24) is 4.57 Å². The lowest BCUT2D eigenvalue weighted by Gasteiger charge is -2.43. The Morgan fingerprint density at radius 1 is 0.500 bits per heavy atom. The Bertz CT molecular complexity index is 2790. The normalized spacial score (nSPS) is 14.2. The van der Waals surface area contributed by atoms with E-state index < -0.39 is 0 Å². The van der Waals surface area contributed by atoms with Gasteiger partial charge in [0.25, 0.3) is 0 Å². The largest absolute Gasteiger partial charge is 0.456 e. The smallest absolute Gasteiger partial charge is 0.333 e. The molecule has 0 fully saturated rings. The topological polar surface area (TPSA) is 21.3 Å². The molecule has 52 heavy (non-hydrogen) atoms. The first-order valence-corrected chi connectivity index (χ1v) is 18.8. The van der Waals surface area contributed by atoms with Crippen LogP contribution >= 0.6 is 0 Å². The first-order chi connectivity index (χ1) is 24.7. The molecule has 2 aromatic heterocycles. The molecule has 0 N–H and O–H groups in total. The molecule has 2 aliphatic rings. The minimum absolute atomic E-state index is 0.00326. The maximum atomic E-state index is 6.51. The lowest BCUT2D eigenvalue weighted by molar-refractivity contribution is 0.590. The van der Waals surface area contributed by atoms with Crippen LogP contribution in [0.4, 0.5) is 11.4 Å². The zero-order chi connectivity index (χ0) is 36.1. The molecule has 6 aromatic carbocycles. The summed E-state index contributed by atoms with van der Waals surface area (Å²) in [7, 11) is 0. The van der Waals surface area contributed by atoms with Gasteiger partial charge < -0.3 is 13.8 Å². The molecule has 0 saturated carbocycles. The van der Waals surface area contributed by atoms with Gasteiger partial charge in [-0.2, -0.15) is 0 Å². The second-order valence-electron chi connectivity index (χ2n) is 18.3. The van der Waals surface area contributed by atoms with Gasteiger partial charge in [-0.3, -0.25) is 0 Å². The van der Waals surface area contributed by atoms with Crippen LogP contribution in [0.15, 0.2) is 114 Å². The summed E-state index contributed by atoms with van der Waals surface area (Å²) in [5, 5.41) is 4.88. The monoisotopic (exact) mass is 676 g/mol. The van der Waals surface area contributed by atoms with E-state index in [-0.39, 0.29) is 23.1 Å². The summed E-state index contributed by atoms with van der Waals surface area (Å²) in [6, 6.07) is 41.7. The van der Waals surface area contributed by atoms with Crippen molar-refractivity contribution in [3.63, 3.8) is 0 Å². The molecule has 0 aliphatic carbocycles. The van der Waals surface area contributed by atoms with Gasteiger partial charge in [-0.1, -0.05) is 123 Å². The molecule has 4 heteroatoms. The maximum absolute atomic E-state index is 6.51. The van der Waals surface area contributed by atoms with E-state index in [4.69, 9.17) is 4.42 Å². The van der Waals surface area contributed by atoms with E-state index in [0.29, 0.717) is 0 Å². The molecule has 8 aromatic rings. The number of hydrogen-bond acceptors (Lipinski definition) is 2. The molecule has 0 saturated heterocycles. The standard InChI is InChI=1S/C48H45BN2O/c1-46(2,3)28-14-18-31(19-15-28)51-39-22-16-29(47(4,5)6)24-35(39)33-20-21-34-36-26-37-32-12-10-11-13-42(32)52-43(37)27-41(36)50-40-23-17-30(48(7,8)9)25-38(40)49(51)44(33)45(34)50/h10-27H,1-9H3. The van der Waals surface area contributed by atoms with Crippen LogP contribution in [-0.2, 0) is 16.2 Å². The average molecular weight is 677 g/mol. The highest BCUT2D eigenvalue weighted by Crippen LogP contribution is 2.47. The van der Waals surface area contributed by atoms with Crippen molar-refractivity contribution in [3.05, 3.63) is 126 Å². The number of aromatic nitrogens is 1. The number of nitrogens with zero attached hydrogens (tertiary/aromatic N) is 2. The fraction of sp³-hybridized carbons (Fsp3) is 0.250. The molecule has 0 spiro atoms. The predicted octanol–water partition coefficient (Wildman–Crippen LogP) is 11.8.